The minimum Gasteiger partial charge on any atom is -0.481 e. The summed E-state index contributed by atoms with van der Waals surface area (Å²) in [6.07, 6.45) is 4.32. The van der Waals surface area contributed by atoms with Gasteiger partial charge in [0.05, 0.1) is 25.5 Å². The Morgan fingerprint density at radius 2 is 2.33 bits per heavy atom. The van der Waals surface area contributed by atoms with Crippen molar-refractivity contribution in [3.05, 3.63) is 18.0 Å². The summed E-state index contributed by atoms with van der Waals surface area (Å²) in [5.41, 5.74) is 1.04. The predicted octanol–water partition coefficient (Wildman–Crippen LogP) is -0.296. The molecule has 2 heterocycles. The number of hydrogen-bond donors (Lipinski definition) is 2. The maximum absolute atomic E-state index is 12.0. The van der Waals surface area contributed by atoms with Crippen LogP contribution >= 0.6 is 0 Å². The van der Waals surface area contributed by atoms with Crippen LogP contribution in [0, 0.1) is 5.92 Å². The van der Waals surface area contributed by atoms with E-state index in [-0.39, 0.29) is 19.2 Å². The lowest BCUT2D eigenvalue weighted by atomic mass is 10.0. The van der Waals surface area contributed by atoms with Crippen molar-refractivity contribution in [3.63, 3.8) is 0 Å². The van der Waals surface area contributed by atoms with E-state index in [0.717, 1.165) is 5.56 Å². The Bertz CT molecular complexity index is 516. The number of carbonyl (C=O) groups excluding carboxylic acids is 1. The van der Waals surface area contributed by atoms with E-state index >= 15 is 0 Å². The van der Waals surface area contributed by atoms with E-state index in [1.165, 1.54) is 4.90 Å². The highest BCUT2D eigenvalue weighted by molar-refractivity contribution is 5.77. The number of hydrogen-bond acceptors (Lipinski definition) is 4. The molecule has 8 nitrogen and oxygen atoms in total. The van der Waals surface area contributed by atoms with Crippen molar-refractivity contribution in [3.8, 4) is 0 Å². The molecule has 1 saturated heterocycles. The summed E-state index contributed by atoms with van der Waals surface area (Å²) in [5, 5.41) is 15.9. The van der Waals surface area contributed by atoms with Gasteiger partial charge in [0.15, 0.2) is 0 Å². The van der Waals surface area contributed by atoms with Crippen molar-refractivity contribution in [2.45, 2.75) is 12.5 Å². The van der Waals surface area contributed by atoms with Crippen LogP contribution in [0.1, 0.15) is 5.56 Å². The van der Waals surface area contributed by atoms with E-state index in [9.17, 15) is 9.59 Å². The highest BCUT2D eigenvalue weighted by atomic mass is 16.5. The maximum atomic E-state index is 12.0. The van der Waals surface area contributed by atoms with E-state index in [0.29, 0.717) is 13.0 Å². The standard InChI is InChI=1S/C13H20N4O4/c1-16-6-9(5-15-16)3-4-14-13(20)17(2)11-8-21-7-10(11)12(18)19/h5-6,10-11H,3-4,7-8H2,1-2H3,(H,14,20)(H,18,19). The van der Waals surface area contributed by atoms with Gasteiger partial charge in [-0.3, -0.25) is 9.48 Å². The number of rotatable bonds is 5. The Labute approximate surface area is 122 Å². The van der Waals surface area contributed by atoms with Gasteiger partial charge < -0.3 is 20.1 Å². The normalized spacial score (nSPS) is 21.2. The van der Waals surface area contributed by atoms with E-state index in [4.69, 9.17) is 9.84 Å². The van der Waals surface area contributed by atoms with E-state index in [2.05, 4.69) is 10.4 Å². The molecule has 8 heteroatoms. The smallest absolute Gasteiger partial charge is 0.317 e. The van der Waals surface area contributed by atoms with Crippen molar-refractivity contribution < 1.29 is 19.4 Å². The molecule has 0 saturated carbocycles. The fraction of sp³-hybridized carbons (Fsp3) is 0.615. The number of carboxylic acids is 1. The van der Waals surface area contributed by atoms with Gasteiger partial charge in [0.25, 0.3) is 0 Å². The number of aliphatic carboxylic acids is 1. The summed E-state index contributed by atoms with van der Waals surface area (Å²) in [6, 6.07) is -0.721. The summed E-state index contributed by atoms with van der Waals surface area (Å²) < 4.78 is 6.87. The summed E-state index contributed by atoms with van der Waals surface area (Å²) in [7, 11) is 3.43. The number of aromatic nitrogens is 2. The Balaban J connectivity index is 1.81. The average molecular weight is 296 g/mol. The van der Waals surface area contributed by atoms with Crippen LogP contribution in [0.3, 0.4) is 0 Å². The molecular formula is C13H20N4O4. The van der Waals surface area contributed by atoms with Gasteiger partial charge in [-0.15, -0.1) is 0 Å². The van der Waals surface area contributed by atoms with E-state index in [1.54, 1.807) is 17.9 Å². The summed E-state index contributed by atoms with van der Waals surface area (Å²) in [6.45, 7) is 0.872. The number of carboxylic acid groups (broad SMARTS) is 1. The van der Waals surface area contributed by atoms with Gasteiger partial charge in [-0.1, -0.05) is 0 Å². The highest BCUT2D eigenvalue weighted by Crippen LogP contribution is 2.18. The fourth-order valence-corrected chi connectivity index (χ4v) is 2.35. The fourth-order valence-electron chi connectivity index (χ4n) is 2.35. The minimum atomic E-state index is -0.937. The number of aryl methyl sites for hydroxylation is 1. The molecule has 116 valence electrons. The van der Waals surface area contributed by atoms with Gasteiger partial charge in [0.1, 0.15) is 5.92 Å². The average Bonchev–Trinajstić information content (AvgIpc) is 3.06. The van der Waals surface area contributed by atoms with Crippen molar-refractivity contribution in [2.24, 2.45) is 13.0 Å². The van der Waals surface area contributed by atoms with Gasteiger partial charge in [0.2, 0.25) is 0 Å². The third kappa shape index (κ3) is 3.72. The first kappa shape index (κ1) is 15.3. The minimum absolute atomic E-state index is 0.146. The summed E-state index contributed by atoms with van der Waals surface area (Å²) >= 11 is 0. The maximum Gasteiger partial charge on any atom is 0.317 e. The van der Waals surface area contributed by atoms with Crippen LogP contribution in [0.15, 0.2) is 12.4 Å². The zero-order valence-corrected chi connectivity index (χ0v) is 12.2. The van der Waals surface area contributed by atoms with Crippen molar-refractivity contribution in [1.82, 2.24) is 20.0 Å². The monoisotopic (exact) mass is 296 g/mol. The Morgan fingerprint density at radius 1 is 1.57 bits per heavy atom. The second-order valence-electron chi connectivity index (χ2n) is 5.16. The van der Waals surface area contributed by atoms with Gasteiger partial charge in [-0.25, -0.2) is 4.79 Å². The number of ether oxygens (including phenoxy) is 1. The lowest BCUT2D eigenvalue weighted by Crippen LogP contribution is -2.48. The molecule has 2 atom stereocenters. The van der Waals surface area contributed by atoms with Gasteiger partial charge in [0, 0.05) is 26.8 Å². The second-order valence-corrected chi connectivity index (χ2v) is 5.16. The van der Waals surface area contributed by atoms with Crippen LogP contribution in [0.2, 0.25) is 0 Å². The molecule has 0 radical (unpaired) electrons. The molecule has 1 fully saturated rings. The molecule has 0 bridgehead atoms. The molecule has 2 unspecified atom stereocenters. The summed E-state index contributed by atoms with van der Waals surface area (Å²) in [5.74, 6) is -1.61. The van der Waals surface area contributed by atoms with Gasteiger partial charge >= 0.3 is 12.0 Å². The Hall–Kier alpha value is -2.09. The molecular weight excluding hydrogens is 276 g/mol. The number of nitrogens with zero attached hydrogens (tertiary/aromatic N) is 3. The van der Waals surface area contributed by atoms with Crippen LogP contribution in [0.5, 0.6) is 0 Å². The molecule has 0 aliphatic carbocycles. The molecule has 1 aliphatic rings. The van der Waals surface area contributed by atoms with Crippen LogP contribution in [0.25, 0.3) is 0 Å². The topological polar surface area (TPSA) is 96.7 Å². The molecule has 1 aromatic heterocycles. The zero-order chi connectivity index (χ0) is 15.4. The van der Waals surface area contributed by atoms with E-state index in [1.807, 2.05) is 13.2 Å². The lowest BCUT2D eigenvalue weighted by molar-refractivity contribution is -0.142. The number of nitrogens with one attached hydrogen (secondary N) is 1. The molecule has 0 spiro atoms. The lowest BCUT2D eigenvalue weighted by Gasteiger charge is -2.26. The van der Waals surface area contributed by atoms with Crippen LogP contribution < -0.4 is 5.32 Å². The zero-order valence-electron chi connectivity index (χ0n) is 12.2. The molecule has 2 N–H and O–H groups in total. The van der Waals surface area contributed by atoms with Crippen LogP contribution in [0.4, 0.5) is 4.79 Å². The van der Waals surface area contributed by atoms with Gasteiger partial charge in [-0.2, -0.15) is 5.10 Å². The van der Waals surface area contributed by atoms with Crippen molar-refractivity contribution in [1.29, 1.82) is 0 Å². The SMILES string of the molecule is CN(C(=O)NCCc1cnn(C)c1)C1COCC1C(=O)O. The number of carbonyl (C=O) groups is 2. The first-order valence-corrected chi connectivity index (χ1v) is 6.77. The molecule has 2 amide bonds. The van der Waals surface area contributed by atoms with Crippen molar-refractivity contribution in [2.75, 3.05) is 26.8 Å². The molecule has 1 aromatic rings. The largest absolute Gasteiger partial charge is 0.481 e. The third-order valence-electron chi connectivity index (χ3n) is 3.63. The van der Waals surface area contributed by atoms with Gasteiger partial charge in [-0.05, 0) is 12.0 Å². The predicted molar refractivity (Wildman–Crippen MR) is 73.8 cm³/mol. The molecule has 0 aromatic carbocycles. The quantitative estimate of drug-likeness (QED) is 0.778. The first-order chi connectivity index (χ1) is 9.99. The second kappa shape index (κ2) is 6.57. The van der Waals surface area contributed by atoms with Crippen molar-refractivity contribution >= 4 is 12.0 Å². The van der Waals surface area contributed by atoms with Crippen LogP contribution in [-0.2, 0) is 23.0 Å². The third-order valence-corrected chi connectivity index (χ3v) is 3.63. The number of urea groups is 1. The van der Waals surface area contributed by atoms with Crippen LogP contribution in [-0.4, -0.2) is 64.6 Å². The molecule has 2 rings (SSSR count). The number of likely N-dealkylation sites (N-methyl/N-ethyl adjacent to an activating group) is 1. The Kier molecular flexibility index (Phi) is 4.79. The summed E-state index contributed by atoms with van der Waals surface area (Å²) in [4.78, 5) is 24.5. The molecule has 1 aliphatic heterocycles. The molecule has 21 heavy (non-hydrogen) atoms. The highest BCUT2D eigenvalue weighted by Gasteiger charge is 2.38. The number of amides is 2. The first-order valence-electron chi connectivity index (χ1n) is 6.77. The van der Waals surface area contributed by atoms with E-state index < -0.39 is 17.9 Å². The Morgan fingerprint density at radius 3 is 2.95 bits per heavy atom.